The monoisotopic (exact) mass is 398 g/mol. The van der Waals surface area contributed by atoms with E-state index in [1.807, 2.05) is 0 Å². The first-order valence-electron chi connectivity index (χ1n) is 11.4. The van der Waals surface area contributed by atoms with E-state index < -0.39 is 18.2 Å². The van der Waals surface area contributed by atoms with Crippen molar-refractivity contribution in [3.63, 3.8) is 0 Å². The van der Waals surface area contributed by atoms with Crippen LogP contribution in [0.5, 0.6) is 0 Å². The molecule has 4 atom stereocenters. The molecule has 28 heavy (non-hydrogen) atoms. The van der Waals surface area contributed by atoms with Gasteiger partial charge in [-0.3, -0.25) is 0 Å². The molecule has 0 radical (unpaired) electrons. The maximum absolute atomic E-state index is 10.6. The van der Waals surface area contributed by atoms with Crippen molar-refractivity contribution in [3.8, 4) is 0 Å². The first kappa shape index (κ1) is 27.1. The Hall–Kier alpha value is -0.870. The highest BCUT2D eigenvalue weighted by molar-refractivity contribution is 5.72. The minimum absolute atomic E-state index is 0.274. The molecule has 4 heteroatoms. The fourth-order valence-corrected chi connectivity index (χ4v) is 3.63. The molecule has 0 saturated carbocycles. The van der Waals surface area contributed by atoms with E-state index in [9.17, 15) is 15.0 Å². The summed E-state index contributed by atoms with van der Waals surface area (Å²) in [5, 5.41) is 27.5. The first-order valence-corrected chi connectivity index (χ1v) is 11.4. The van der Waals surface area contributed by atoms with Crippen molar-refractivity contribution in [2.24, 2.45) is 17.8 Å². The molecule has 166 valence electrons. The zero-order valence-corrected chi connectivity index (χ0v) is 19.0. The van der Waals surface area contributed by atoms with Crippen molar-refractivity contribution in [1.82, 2.24) is 0 Å². The van der Waals surface area contributed by atoms with Crippen molar-refractivity contribution in [3.05, 3.63) is 11.6 Å². The van der Waals surface area contributed by atoms with Gasteiger partial charge < -0.3 is 15.3 Å². The molecular formula is C24H46O4. The van der Waals surface area contributed by atoms with Crippen LogP contribution in [0, 0.1) is 17.8 Å². The first-order chi connectivity index (χ1) is 13.1. The lowest BCUT2D eigenvalue weighted by molar-refractivity contribution is -0.152. The van der Waals surface area contributed by atoms with Crippen LogP contribution in [-0.2, 0) is 4.79 Å². The fourth-order valence-electron chi connectivity index (χ4n) is 3.63. The van der Waals surface area contributed by atoms with Gasteiger partial charge in [-0.15, -0.1) is 0 Å². The molecule has 0 amide bonds. The van der Waals surface area contributed by atoms with Gasteiger partial charge in [-0.1, -0.05) is 84.3 Å². The van der Waals surface area contributed by atoms with Crippen LogP contribution in [0.3, 0.4) is 0 Å². The summed E-state index contributed by atoms with van der Waals surface area (Å²) >= 11 is 0. The average molecular weight is 399 g/mol. The highest BCUT2D eigenvalue weighted by Gasteiger charge is 2.22. The summed E-state index contributed by atoms with van der Waals surface area (Å²) < 4.78 is 0. The van der Waals surface area contributed by atoms with E-state index in [1.165, 1.54) is 56.9 Å². The van der Waals surface area contributed by atoms with E-state index in [1.54, 1.807) is 0 Å². The molecule has 4 nitrogen and oxygen atoms in total. The predicted molar refractivity (Wildman–Crippen MR) is 117 cm³/mol. The van der Waals surface area contributed by atoms with E-state index >= 15 is 0 Å². The van der Waals surface area contributed by atoms with Gasteiger partial charge in [0.2, 0.25) is 0 Å². The van der Waals surface area contributed by atoms with Gasteiger partial charge in [0.1, 0.15) is 0 Å². The number of rotatable bonds is 17. The Morgan fingerprint density at radius 2 is 1.32 bits per heavy atom. The van der Waals surface area contributed by atoms with Crippen LogP contribution in [0.25, 0.3) is 0 Å². The molecular weight excluding hydrogens is 352 g/mol. The second-order valence-electron chi connectivity index (χ2n) is 9.34. The van der Waals surface area contributed by atoms with Gasteiger partial charge in [-0.2, -0.15) is 0 Å². The second-order valence-corrected chi connectivity index (χ2v) is 9.34. The standard InChI is InChI=1S/C24H46O4/c1-18(2)10-6-11-19(3)12-7-13-20(4)14-8-15-21(5)16-9-17-22(25)23(26)24(27)28/h16,18-20,22-23,25-26H,6-15,17H2,1-5H3,(H,27,28). The summed E-state index contributed by atoms with van der Waals surface area (Å²) in [5.41, 5.74) is 1.28. The van der Waals surface area contributed by atoms with Crippen LogP contribution in [0.1, 0.15) is 105 Å². The quantitative estimate of drug-likeness (QED) is 0.264. The maximum atomic E-state index is 10.6. The van der Waals surface area contributed by atoms with Crippen LogP contribution < -0.4 is 0 Å². The SMILES string of the molecule is CC(=CCCC(O)C(O)C(=O)O)CCCC(C)CCCC(C)CCCC(C)C. The van der Waals surface area contributed by atoms with Crippen molar-refractivity contribution >= 4 is 5.97 Å². The number of carboxylic acid groups (broad SMARTS) is 1. The predicted octanol–water partition coefficient (Wildman–Crippen LogP) is 5.96. The van der Waals surface area contributed by atoms with E-state index in [0.29, 0.717) is 6.42 Å². The van der Waals surface area contributed by atoms with Crippen LogP contribution in [-0.4, -0.2) is 33.5 Å². The minimum Gasteiger partial charge on any atom is -0.479 e. The second kappa shape index (κ2) is 16.0. The summed E-state index contributed by atoms with van der Waals surface area (Å²) in [4.78, 5) is 10.6. The molecule has 0 bridgehead atoms. The molecule has 0 aliphatic carbocycles. The van der Waals surface area contributed by atoms with Crippen molar-refractivity contribution in [2.45, 2.75) is 117 Å². The zero-order valence-electron chi connectivity index (χ0n) is 19.0. The number of allylic oxidation sites excluding steroid dienone is 2. The third kappa shape index (κ3) is 15.1. The molecule has 0 aromatic heterocycles. The van der Waals surface area contributed by atoms with Crippen molar-refractivity contribution < 1.29 is 20.1 Å². The Bertz CT molecular complexity index is 430. The summed E-state index contributed by atoms with van der Waals surface area (Å²) in [7, 11) is 0. The van der Waals surface area contributed by atoms with Crippen molar-refractivity contribution in [1.29, 1.82) is 0 Å². The molecule has 0 aromatic carbocycles. The number of carbonyl (C=O) groups is 1. The number of aliphatic hydroxyl groups excluding tert-OH is 2. The van der Waals surface area contributed by atoms with Crippen LogP contribution in [0.2, 0.25) is 0 Å². The van der Waals surface area contributed by atoms with Crippen molar-refractivity contribution in [2.75, 3.05) is 0 Å². The molecule has 0 rings (SSSR count). The fraction of sp³-hybridized carbons (Fsp3) is 0.875. The Labute approximate surface area is 173 Å². The van der Waals surface area contributed by atoms with Gasteiger partial charge >= 0.3 is 5.97 Å². The molecule has 0 heterocycles. The zero-order chi connectivity index (χ0) is 21.5. The van der Waals surface area contributed by atoms with Gasteiger partial charge in [0.05, 0.1) is 6.10 Å². The lowest BCUT2D eigenvalue weighted by atomic mass is 9.91. The largest absolute Gasteiger partial charge is 0.479 e. The molecule has 3 N–H and O–H groups in total. The summed E-state index contributed by atoms with van der Waals surface area (Å²) in [6.07, 6.45) is 11.6. The Morgan fingerprint density at radius 1 is 0.821 bits per heavy atom. The number of aliphatic carboxylic acids is 1. The van der Waals surface area contributed by atoms with Gasteiger partial charge in [0, 0.05) is 0 Å². The van der Waals surface area contributed by atoms with E-state index in [-0.39, 0.29) is 6.42 Å². The molecule has 0 aliphatic heterocycles. The molecule has 4 unspecified atom stereocenters. The van der Waals surface area contributed by atoms with Gasteiger partial charge in [0.15, 0.2) is 6.10 Å². The highest BCUT2D eigenvalue weighted by atomic mass is 16.4. The maximum Gasteiger partial charge on any atom is 0.335 e. The minimum atomic E-state index is -1.69. The van der Waals surface area contributed by atoms with Crippen LogP contribution >= 0.6 is 0 Å². The van der Waals surface area contributed by atoms with Crippen LogP contribution in [0.4, 0.5) is 0 Å². The smallest absolute Gasteiger partial charge is 0.335 e. The third-order valence-corrected chi connectivity index (χ3v) is 5.71. The molecule has 0 spiro atoms. The number of aliphatic hydroxyl groups is 2. The summed E-state index contributed by atoms with van der Waals surface area (Å²) in [6, 6.07) is 0. The molecule has 0 saturated heterocycles. The number of hydrogen-bond donors (Lipinski definition) is 3. The van der Waals surface area contributed by atoms with E-state index in [4.69, 9.17) is 5.11 Å². The average Bonchev–Trinajstić information content (AvgIpc) is 2.60. The lowest BCUT2D eigenvalue weighted by Crippen LogP contribution is -2.33. The Morgan fingerprint density at radius 3 is 1.82 bits per heavy atom. The van der Waals surface area contributed by atoms with Crippen LogP contribution in [0.15, 0.2) is 11.6 Å². The Kier molecular flexibility index (Phi) is 15.5. The van der Waals surface area contributed by atoms with Gasteiger partial charge in [-0.05, 0) is 50.4 Å². The molecule has 0 aliphatic rings. The normalized spacial score (nSPS) is 16.8. The summed E-state index contributed by atoms with van der Waals surface area (Å²) in [6.45, 7) is 11.4. The third-order valence-electron chi connectivity index (χ3n) is 5.71. The highest BCUT2D eigenvalue weighted by Crippen LogP contribution is 2.22. The van der Waals surface area contributed by atoms with E-state index in [0.717, 1.165) is 24.2 Å². The molecule has 0 aromatic rings. The van der Waals surface area contributed by atoms with Gasteiger partial charge in [-0.25, -0.2) is 4.79 Å². The molecule has 0 fully saturated rings. The lowest BCUT2D eigenvalue weighted by Gasteiger charge is -2.15. The Balaban J connectivity index is 3.78. The number of hydrogen-bond acceptors (Lipinski definition) is 3. The number of carboxylic acids is 1. The van der Waals surface area contributed by atoms with E-state index in [2.05, 4.69) is 40.7 Å². The summed E-state index contributed by atoms with van der Waals surface area (Å²) in [5.74, 6) is 1.08. The topological polar surface area (TPSA) is 77.8 Å². The van der Waals surface area contributed by atoms with Gasteiger partial charge in [0.25, 0.3) is 0 Å².